The summed E-state index contributed by atoms with van der Waals surface area (Å²) in [6.45, 7) is 3.43. The van der Waals surface area contributed by atoms with E-state index in [1.54, 1.807) is 6.26 Å². The van der Waals surface area contributed by atoms with Gasteiger partial charge in [0.1, 0.15) is 0 Å². The Balaban J connectivity index is 1.71. The zero-order chi connectivity index (χ0) is 22.4. The second-order valence-electron chi connectivity index (χ2n) is 8.46. The zero-order valence-corrected chi connectivity index (χ0v) is 18.8. The van der Waals surface area contributed by atoms with Crippen LogP contribution in [0.3, 0.4) is 0 Å². The van der Waals surface area contributed by atoms with Crippen LogP contribution < -0.4 is 15.8 Å². The first-order valence-corrected chi connectivity index (χ1v) is 12.0. The summed E-state index contributed by atoms with van der Waals surface area (Å²) in [5.41, 5.74) is 5.13. The number of rotatable bonds is 10. The third-order valence-electron chi connectivity index (χ3n) is 6.02. The van der Waals surface area contributed by atoms with Crippen molar-refractivity contribution in [2.75, 3.05) is 36.2 Å². The fourth-order valence-corrected chi connectivity index (χ4v) is 4.69. The lowest BCUT2D eigenvalue weighted by Crippen LogP contribution is -2.41. The van der Waals surface area contributed by atoms with Crippen LogP contribution in [-0.4, -0.2) is 58.4 Å². The molecule has 1 aliphatic carbocycles. The Morgan fingerprint density at radius 2 is 2.13 bits per heavy atom. The summed E-state index contributed by atoms with van der Waals surface area (Å²) in [6, 6.07) is 0. The topological polar surface area (TPSA) is 111 Å². The summed E-state index contributed by atoms with van der Waals surface area (Å²) < 4.78 is 15.1. The first-order valence-electron chi connectivity index (χ1n) is 10.7. The van der Waals surface area contributed by atoms with Gasteiger partial charge in [-0.25, -0.2) is 15.0 Å². The summed E-state index contributed by atoms with van der Waals surface area (Å²) in [7, 11) is 0. The summed E-state index contributed by atoms with van der Waals surface area (Å²) >= 11 is 1.29. The van der Waals surface area contributed by atoms with Crippen molar-refractivity contribution in [1.29, 1.82) is 0 Å². The van der Waals surface area contributed by atoms with Gasteiger partial charge in [0.2, 0.25) is 18.1 Å². The van der Waals surface area contributed by atoms with Gasteiger partial charge in [-0.3, -0.25) is 25.6 Å². The number of thioether (sulfide) groups is 1. The predicted molar refractivity (Wildman–Crippen MR) is 116 cm³/mol. The second-order valence-corrected chi connectivity index (χ2v) is 9.23. The Bertz CT molecular complexity index is 780. The van der Waals surface area contributed by atoms with E-state index in [9.17, 15) is 14.8 Å². The van der Waals surface area contributed by atoms with Crippen LogP contribution in [0.4, 0.5) is 16.0 Å². The molecule has 3 rings (SSSR count). The zero-order valence-electron chi connectivity index (χ0n) is 18.0. The molecule has 1 saturated carbocycles. The minimum atomic E-state index is -0.616. The molecule has 2 amide bonds. The quantitative estimate of drug-likeness (QED) is 0.163. The summed E-state index contributed by atoms with van der Waals surface area (Å²) in [5.74, 6) is -0.695. The molecule has 1 saturated heterocycles. The lowest BCUT2D eigenvalue weighted by atomic mass is 9.92. The SMILES string of the molecule is CSc1nc(NNC(=O)C(CC2CCCC2)CN(O)C=O)c(F)c(N2CC[C@H](C)C2)n1. The molecular weight excluding hydrogens is 423 g/mol. The molecule has 1 aromatic heterocycles. The van der Waals surface area contributed by atoms with E-state index in [-0.39, 0.29) is 24.6 Å². The Labute approximate surface area is 186 Å². The number of amides is 2. The lowest BCUT2D eigenvalue weighted by Gasteiger charge is -2.23. The van der Waals surface area contributed by atoms with E-state index < -0.39 is 17.6 Å². The standard InChI is InChI=1S/C20H31FN6O3S/c1-13-7-8-26(10-13)18-16(21)17(22-20(23-18)31-2)24-25-19(29)15(11-27(30)12-28)9-14-5-3-4-6-14/h12-15,30H,3-11H2,1-2H3,(H,25,29)(H,22,23,24)/t13-,15?/m0/s1. The largest absolute Gasteiger partial charge is 0.354 e. The molecule has 11 heteroatoms. The van der Waals surface area contributed by atoms with E-state index in [0.717, 1.165) is 45.2 Å². The van der Waals surface area contributed by atoms with Crippen LogP contribution in [0.25, 0.3) is 0 Å². The van der Waals surface area contributed by atoms with Crippen molar-refractivity contribution >= 4 is 35.7 Å². The molecule has 31 heavy (non-hydrogen) atoms. The second kappa shape index (κ2) is 10.9. The van der Waals surface area contributed by atoms with E-state index >= 15 is 4.39 Å². The van der Waals surface area contributed by atoms with Gasteiger partial charge in [-0.2, -0.15) is 4.39 Å². The minimum Gasteiger partial charge on any atom is -0.354 e. The third-order valence-corrected chi connectivity index (χ3v) is 6.56. The number of hydroxylamine groups is 2. The van der Waals surface area contributed by atoms with E-state index in [1.165, 1.54) is 11.8 Å². The average molecular weight is 455 g/mol. The van der Waals surface area contributed by atoms with Crippen molar-refractivity contribution in [2.45, 2.75) is 50.6 Å². The molecule has 3 N–H and O–H groups in total. The van der Waals surface area contributed by atoms with Crippen molar-refractivity contribution in [3.05, 3.63) is 5.82 Å². The van der Waals surface area contributed by atoms with Crippen molar-refractivity contribution in [3.8, 4) is 0 Å². The molecule has 1 unspecified atom stereocenters. The third kappa shape index (κ3) is 6.19. The molecule has 0 spiro atoms. The van der Waals surface area contributed by atoms with E-state index in [1.807, 2.05) is 4.90 Å². The van der Waals surface area contributed by atoms with Crippen LogP contribution in [0.1, 0.15) is 45.4 Å². The van der Waals surface area contributed by atoms with Crippen LogP contribution in [0, 0.1) is 23.6 Å². The Hall–Kier alpha value is -2.14. The summed E-state index contributed by atoms with van der Waals surface area (Å²) in [5, 5.41) is 10.5. The van der Waals surface area contributed by atoms with Crippen molar-refractivity contribution in [1.82, 2.24) is 20.5 Å². The number of hydrogen-bond donors (Lipinski definition) is 3. The maximum atomic E-state index is 15.1. The van der Waals surface area contributed by atoms with E-state index in [0.29, 0.717) is 28.5 Å². The number of halogens is 1. The highest BCUT2D eigenvalue weighted by Crippen LogP contribution is 2.31. The summed E-state index contributed by atoms with van der Waals surface area (Å²) in [6.07, 6.45) is 7.90. The smallest absolute Gasteiger partial charge is 0.243 e. The predicted octanol–water partition coefficient (Wildman–Crippen LogP) is 2.67. The Kier molecular flexibility index (Phi) is 8.30. The van der Waals surface area contributed by atoms with Crippen molar-refractivity contribution < 1.29 is 19.2 Å². The highest BCUT2D eigenvalue weighted by Gasteiger charge is 2.28. The molecule has 0 radical (unpaired) electrons. The van der Waals surface area contributed by atoms with Gasteiger partial charge >= 0.3 is 0 Å². The van der Waals surface area contributed by atoms with Gasteiger partial charge in [-0.1, -0.05) is 44.4 Å². The van der Waals surface area contributed by atoms with E-state index in [2.05, 4.69) is 27.7 Å². The summed E-state index contributed by atoms with van der Waals surface area (Å²) in [4.78, 5) is 34.0. The normalized spacial score (nSPS) is 20.0. The number of hydrogen-bond acceptors (Lipinski definition) is 8. The highest BCUT2D eigenvalue weighted by molar-refractivity contribution is 7.98. The molecule has 2 aliphatic rings. The molecule has 0 aromatic carbocycles. The average Bonchev–Trinajstić information content (AvgIpc) is 3.43. The van der Waals surface area contributed by atoms with Crippen molar-refractivity contribution in [3.63, 3.8) is 0 Å². The van der Waals surface area contributed by atoms with Gasteiger partial charge in [0.05, 0.1) is 12.5 Å². The van der Waals surface area contributed by atoms with Crippen LogP contribution in [0.15, 0.2) is 5.16 Å². The lowest BCUT2D eigenvalue weighted by molar-refractivity contribution is -0.154. The van der Waals surface area contributed by atoms with Crippen LogP contribution in [0.2, 0.25) is 0 Å². The molecule has 1 aliphatic heterocycles. The highest BCUT2D eigenvalue weighted by atomic mass is 32.2. The van der Waals surface area contributed by atoms with Gasteiger partial charge in [-0.15, -0.1) is 0 Å². The Morgan fingerprint density at radius 3 is 2.74 bits per heavy atom. The molecule has 2 fully saturated rings. The van der Waals surface area contributed by atoms with Gasteiger partial charge in [0.15, 0.2) is 16.8 Å². The molecule has 1 aromatic rings. The molecular formula is C20H31FN6O3S. The molecule has 2 atom stereocenters. The number of nitrogens with zero attached hydrogens (tertiary/aromatic N) is 4. The van der Waals surface area contributed by atoms with Gasteiger partial charge in [0, 0.05) is 13.1 Å². The number of nitrogens with one attached hydrogen (secondary N) is 2. The maximum absolute atomic E-state index is 15.1. The van der Waals surface area contributed by atoms with E-state index in [4.69, 9.17) is 0 Å². The molecule has 2 heterocycles. The van der Waals surface area contributed by atoms with Crippen LogP contribution in [0.5, 0.6) is 0 Å². The Morgan fingerprint density at radius 1 is 1.39 bits per heavy atom. The van der Waals surface area contributed by atoms with Crippen molar-refractivity contribution in [2.24, 2.45) is 17.8 Å². The number of carbonyl (C=O) groups excluding carboxylic acids is 2. The maximum Gasteiger partial charge on any atom is 0.243 e. The monoisotopic (exact) mass is 454 g/mol. The van der Waals surface area contributed by atoms with Gasteiger partial charge in [0.25, 0.3) is 0 Å². The number of hydrazine groups is 1. The van der Waals surface area contributed by atoms with Crippen LogP contribution in [-0.2, 0) is 9.59 Å². The number of carbonyl (C=O) groups is 2. The molecule has 172 valence electrons. The molecule has 0 bridgehead atoms. The first-order chi connectivity index (χ1) is 14.9. The minimum absolute atomic E-state index is 0.0990. The van der Waals surface area contributed by atoms with Gasteiger partial charge < -0.3 is 4.90 Å². The van der Waals surface area contributed by atoms with Crippen LogP contribution >= 0.6 is 11.8 Å². The fourth-order valence-electron chi connectivity index (χ4n) is 4.33. The fraction of sp³-hybridized carbons (Fsp3) is 0.700. The number of aromatic nitrogens is 2. The first kappa shape index (κ1) is 23.5. The van der Waals surface area contributed by atoms with Gasteiger partial charge in [-0.05, 0) is 30.9 Å². The molecule has 9 nitrogen and oxygen atoms in total. The number of anilines is 2.